The fraction of sp³-hybridized carbons (Fsp3) is 0.375. The summed E-state index contributed by atoms with van der Waals surface area (Å²) in [4.78, 5) is 39.8. The Bertz CT molecular complexity index is 941. The molecule has 7 heteroatoms. The highest BCUT2D eigenvalue weighted by Crippen LogP contribution is 2.22. The number of likely N-dealkylation sites (tertiary alicyclic amines) is 1. The number of rotatable bonds is 5. The third-order valence-corrected chi connectivity index (χ3v) is 5.72. The van der Waals surface area contributed by atoms with E-state index in [-0.39, 0.29) is 23.6 Å². The summed E-state index contributed by atoms with van der Waals surface area (Å²) in [6.07, 6.45) is 2.69. The minimum Gasteiger partial charge on any atom is -0.368 e. The molecule has 2 saturated heterocycles. The number of ether oxygens (including phenoxy) is 1. The number of piperidine rings is 1. The second-order valence-corrected chi connectivity index (χ2v) is 8.02. The van der Waals surface area contributed by atoms with Crippen molar-refractivity contribution in [1.82, 2.24) is 4.90 Å². The standard InChI is InChI=1S/C24H27N3O4/c28-22(25-19-9-2-1-3-10-19)18-8-5-13-27(16-18)24(30)17-7-4-11-20(15-17)26-23(29)21-12-6-14-31-21/h1-4,7,9-11,15,18,21H,5-6,8,12-14,16H2,(H,25,28)(H,26,29). The first-order valence-electron chi connectivity index (χ1n) is 10.8. The molecule has 2 aromatic carbocycles. The summed E-state index contributed by atoms with van der Waals surface area (Å²) in [6.45, 7) is 1.59. The van der Waals surface area contributed by atoms with Crippen LogP contribution in [0.4, 0.5) is 11.4 Å². The van der Waals surface area contributed by atoms with Crippen LogP contribution in [0.25, 0.3) is 0 Å². The average Bonchev–Trinajstić information content (AvgIpc) is 3.35. The summed E-state index contributed by atoms with van der Waals surface area (Å²) in [7, 11) is 0. The number of amides is 3. The molecule has 0 saturated carbocycles. The van der Waals surface area contributed by atoms with Gasteiger partial charge in [0.2, 0.25) is 5.91 Å². The normalized spacial score (nSPS) is 20.8. The Morgan fingerprint density at radius 1 is 0.871 bits per heavy atom. The fourth-order valence-corrected chi connectivity index (χ4v) is 4.06. The van der Waals surface area contributed by atoms with Crippen molar-refractivity contribution in [2.45, 2.75) is 31.8 Å². The molecule has 162 valence electrons. The number of carbonyl (C=O) groups is 3. The number of carbonyl (C=O) groups excluding carboxylic acids is 3. The molecular formula is C24H27N3O4. The molecule has 2 aliphatic rings. The van der Waals surface area contributed by atoms with Gasteiger partial charge in [-0.25, -0.2) is 0 Å². The lowest BCUT2D eigenvalue weighted by Gasteiger charge is -2.32. The zero-order valence-electron chi connectivity index (χ0n) is 17.4. The number of anilines is 2. The minimum atomic E-state index is -0.426. The van der Waals surface area contributed by atoms with Crippen LogP contribution in [0.5, 0.6) is 0 Å². The van der Waals surface area contributed by atoms with Gasteiger partial charge in [-0.05, 0) is 56.0 Å². The van der Waals surface area contributed by atoms with Crippen LogP contribution in [0.15, 0.2) is 54.6 Å². The van der Waals surface area contributed by atoms with Crippen LogP contribution in [-0.2, 0) is 14.3 Å². The Balaban J connectivity index is 1.38. The van der Waals surface area contributed by atoms with E-state index < -0.39 is 6.10 Å². The highest BCUT2D eigenvalue weighted by atomic mass is 16.5. The van der Waals surface area contributed by atoms with Crippen molar-refractivity contribution < 1.29 is 19.1 Å². The molecule has 0 radical (unpaired) electrons. The first-order valence-corrected chi connectivity index (χ1v) is 10.8. The van der Waals surface area contributed by atoms with E-state index in [9.17, 15) is 14.4 Å². The topological polar surface area (TPSA) is 87.7 Å². The van der Waals surface area contributed by atoms with Crippen LogP contribution in [-0.4, -0.2) is 48.4 Å². The lowest BCUT2D eigenvalue weighted by atomic mass is 9.96. The van der Waals surface area contributed by atoms with Gasteiger partial charge in [0.15, 0.2) is 0 Å². The summed E-state index contributed by atoms with van der Waals surface area (Å²) in [6, 6.07) is 16.3. The monoisotopic (exact) mass is 421 g/mol. The molecule has 2 aliphatic heterocycles. The second-order valence-electron chi connectivity index (χ2n) is 8.02. The number of benzene rings is 2. The number of para-hydroxylation sites is 1. The summed E-state index contributed by atoms with van der Waals surface area (Å²) >= 11 is 0. The van der Waals surface area contributed by atoms with Crippen molar-refractivity contribution in [3.63, 3.8) is 0 Å². The van der Waals surface area contributed by atoms with Gasteiger partial charge in [0.1, 0.15) is 6.10 Å². The predicted molar refractivity (Wildman–Crippen MR) is 118 cm³/mol. The number of hydrogen-bond donors (Lipinski definition) is 2. The van der Waals surface area contributed by atoms with E-state index in [1.54, 1.807) is 29.2 Å². The molecule has 0 bridgehead atoms. The third kappa shape index (κ3) is 5.30. The van der Waals surface area contributed by atoms with Gasteiger partial charge in [0.05, 0.1) is 5.92 Å². The Morgan fingerprint density at radius 3 is 2.42 bits per heavy atom. The van der Waals surface area contributed by atoms with Crippen LogP contribution in [0.3, 0.4) is 0 Å². The number of nitrogens with one attached hydrogen (secondary N) is 2. The van der Waals surface area contributed by atoms with E-state index in [4.69, 9.17) is 4.74 Å². The van der Waals surface area contributed by atoms with Gasteiger partial charge < -0.3 is 20.3 Å². The van der Waals surface area contributed by atoms with Gasteiger partial charge in [-0.3, -0.25) is 14.4 Å². The molecule has 2 atom stereocenters. The molecule has 2 fully saturated rings. The van der Waals surface area contributed by atoms with Crippen LogP contribution in [0, 0.1) is 5.92 Å². The van der Waals surface area contributed by atoms with Crippen molar-refractivity contribution in [2.24, 2.45) is 5.92 Å². The Morgan fingerprint density at radius 2 is 1.65 bits per heavy atom. The zero-order chi connectivity index (χ0) is 21.6. The molecule has 2 unspecified atom stereocenters. The van der Waals surface area contributed by atoms with Crippen molar-refractivity contribution in [2.75, 3.05) is 30.3 Å². The third-order valence-electron chi connectivity index (χ3n) is 5.72. The smallest absolute Gasteiger partial charge is 0.253 e. The summed E-state index contributed by atoms with van der Waals surface area (Å²) in [5, 5.41) is 5.77. The lowest BCUT2D eigenvalue weighted by molar-refractivity contribution is -0.124. The van der Waals surface area contributed by atoms with Crippen molar-refractivity contribution in [3.8, 4) is 0 Å². The summed E-state index contributed by atoms with van der Waals surface area (Å²) < 4.78 is 5.41. The zero-order valence-corrected chi connectivity index (χ0v) is 17.4. The van der Waals surface area contributed by atoms with Crippen LogP contribution in [0.2, 0.25) is 0 Å². The van der Waals surface area contributed by atoms with Gasteiger partial charge in [-0.2, -0.15) is 0 Å². The van der Waals surface area contributed by atoms with Gasteiger partial charge in [-0.15, -0.1) is 0 Å². The molecule has 0 aromatic heterocycles. The van der Waals surface area contributed by atoms with E-state index in [0.29, 0.717) is 37.4 Å². The van der Waals surface area contributed by atoms with Crippen molar-refractivity contribution in [3.05, 3.63) is 60.2 Å². The maximum atomic E-state index is 13.1. The fourth-order valence-electron chi connectivity index (χ4n) is 4.06. The van der Waals surface area contributed by atoms with E-state index in [1.165, 1.54) is 0 Å². The molecule has 7 nitrogen and oxygen atoms in total. The number of hydrogen-bond acceptors (Lipinski definition) is 4. The van der Waals surface area contributed by atoms with Gasteiger partial charge in [0.25, 0.3) is 11.8 Å². The SMILES string of the molecule is O=C(Nc1ccccc1)C1CCCN(C(=O)c2cccc(NC(=O)C3CCCO3)c2)C1. The molecule has 4 rings (SSSR count). The van der Waals surface area contributed by atoms with E-state index in [2.05, 4.69) is 10.6 Å². The van der Waals surface area contributed by atoms with E-state index in [0.717, 1.165) is 24.9 Å². The second kappa shape index (κ2) is 9.75. The predicted octanol–water partition coefficient (Wildman–Crippen LogP) is 3.30. The molecule has 3 amide bonds. The first-order chi connectivity index (χ1) is 15.1. The molecule has 0 spiro atoms. The quantitative estimate of drug-likeness (QED) is 0.776. The maximum absolute atomic E-state index is 13.1. The molecule has 2 N–H and O–H groups in total. The summed E-state index contributed by atoms with van der Waals surface area (Å²) in [5.41, 5.74) is 1.82. The highest BCUT2D eigenvalue weighted by Gasteiger charge is 2.29. The molecule has 0 aliphatic carbocycles. The maximum Gasteiger partial charge on any atom is 0.253 e. The van der Waals surface area contributed by atoms with Crippen LogP contribution < -0.4 is 10.6 Å². The van der Waals surface area contributed by atoms with E-state index >= 15 is 0 Å². The summed E-state index contributed by atoms with van der Waals surface area (Å²) in [5.74, 6) is -0.635. The highest BCUT2D eigenvalue weighted by molar-refractivity contribution is 5.99. The van der Waals surface area contributed by atoms with E-state index in [1.807, 2.05) is 30.3 Å². The Kier molecular flexibility index (Phi) is 6.62. The van der Waals surface area contributed by atoms with Gasteiger partial charge in [-0.1, -0.05) is 24.3 Å². The Hall–Kier alpha value is -3.19. The van der Waals surface area contributed by atoms with Gasteiger partial charge >= 0.3 is 0 Å². The van der Waals surface area contributed by atoms with Crippen molar-refractivity contribution in [1.29, 1.82) is 0 Å². The molecule has 2 heterocycles. The average molecular weight is 421 g/mol. The molecule has 31 heavy (non-hydrogen) atoms. The minimum absolute atomic E-state index is 0.0683. The van der Waals surface area contributed by atoms with Crippen LogP contribution >= 0.6 is 0 Å². The largest absolute Gasteiger partial charge is 0.368 e. The lowest BCUT2D eigenvalue weighted by Crippen LogP contribution is -2.43. The molecular weight excluding hydrogens is 394 g/mol. The first kappa shape index (κ1) is 21.1. The van der Waals surface area contributed by atoms with Crippen LogP contribution in [0.1, 0.15) is 36.0 Å². The van der Waals surface area contributed by atoms with Gasteiger partial charge in [0, 0.05) is 36.6 Å². The Labute approximate surface area is 181 Å². The number of nitrogens with zero attached hydrogens (tertiary/aromatic N) is 1. The molecule has 2 aromatic rings. The van der Waals surface area contributed by atoms with Crippen molar-refractivity contribution >= 4 is 29.1 Å².